The average molecular weight is 333 g/mol. The van der Waals surface area contributed by atoms with Gasteiger partial charge in [-0.3, -0.25) is 4.98 Å². The topological polar surface area (TPSA) is 85.2 Å². The number of carbonyl (C=O) groups is 1. The molecule has 2 heterocycles. The summed E-state index contributed by atoms with van der Waals surface area (Å²) in [5, 5.41) is 7.12. The highest BCUT2D eigenvalue weighted by molar-refractivity contribution is 5.73. The number of alkyl halides is 3. The number of hydrogen-bond donors (Lipinski definition) is 1. The normalized spacial score (nSPS) is 10.5. The van der Waals surface area contributed by atoms with Crippen molar-refractivity contribution in [1.29, 1.82) is 0 Å². The third-order valence-electron chi connectivity index (χ3n) is 2.42. The molecule has 6 nitrogen and oxygen atoms in total. The third kappa shape index (κ3) is 5.16. The second-order valence-corrected chi connectivity index (χ2v) is 4.04. The van der Waals surface area contributed by atoms with Crippen LogP contribution in [-0.2, 0) is 4.79 Å². The molecule has 0 unspecified atom stereocenters. The second kappa shape index (κ2) is 7.47. The summed E-state index contributed by atoms with van der Waals surface area (Å²) in [5.74, 6) is -2.75. The van der Waals surface area contributed by atoms with Crippen LogP contribution in [0.15, 0.2) is 24.7 Å². The van der Waals surface area contributed by atoms with Crippen LogP contribution in [0.1, 0.15) is 5.56 Å². The molecule has 0 aliphatic heterocycles. The van der Waals surface area contributed by atoms with E-state index in [-0.39, 0.29) is 11.5 Å². The standard InChI is InChI=1S/C11H10FN3O.C2HF3O2/c1-7-3-4-13-11(10(7)12)8-5-9(16-2)15-6-14-8;3-2(4,5)1(6)7/h3-6H,1-2H3;(H,6,7). The van der Waals surface area contributed by atoms with Crippen LogP contribution in [0.3, 0.4) is 0 Å². The van der Waals surface area contributed by atoms with Gasteiger partial charge in [-0.1, -0.05) is 0 Å². The summed E-state index contributed by atoms with van der Waals surface area (Å²) in [5.41, 5.74) is 1.15. The molecule has 124 valence electrons. The Kier molecular flexibility index (Phi) is 5.94. The SMILES string of the molecule is COc1cc(-c2nccc(C)c2F)ncn1.O=C(O)C(F)(F)F. The van der Waals surface area contributed by atoms with Crippen molar-refractivity contribution in [2.45, 2.75) is 13.1 Å². The number of methoxy groups -OCH3 is 1. The predicted octanol–water partition coefficient (Wildman–Crippen LogP) is 2.63. The van der Waals surface area contributed by atoms with Crippen LogP contribution < -0.4 is 4.74 Å². The van der Waals surface area contributed by atoms with Crippen molar-refractivity contribution in [3.05, 3.63) is 36.0 Å². The van der Waals surface area contributed by atoms with Crippen molar-refractivity contribution in [2.75, 3.05) is 7.11 Å². The average Bonchev–Trinajstić information content (AvgIpc) is 2.50. The van der Waals surface area contributed by atoms with E-state index in [1.54, 1.807) is 25.3 Å². The van der Waals surface area contributed by atoms with Gasteiger partial charge in [-0.15, -0.1) is 0 Å². The van der Waals surface area contributed by atoms with E-state index in [0.29, 0.717) is 17.1 Å². The number of pyridine rings is 1. The largest absolute Gasteiger partial charge is 0.490 e. The van der Waals surface area contributed by atoms with E-state index in [2.05, 4.69) is 15.0 Å². The first-order valence-corrected chi connectivity index (χ1v) is 5.94. The van der Waals surface area contributed by atoms with Crippen LogP contribution in [0.2, 0.25) is 0 Å². The summed E-state index contributed by atoms with van der Waals surface area (Å²) in [7, 11) is 1.49. The third-order valence-corrected chi connectivity index (χ3v) is 2.42. The first kappa shape index (κ1) is 18.3. The number of carboxylic acids is 1. The number of halogens is 4. The number of rotatable bonds is 2. The Hall–Kier alpha value is -2.78. The molecule has 0 bridgehead atoms. The van der Waals surface area contributed by atoms with Gasteiger partial charge in [-0.25, -0.2) is 19.2 Å². The van der Waals surface area contributed by atoms with Crippen LogP contribution in [0.5, 0.6) is 5.88 Å². The minimum Gasteiger partial charge on any atom is -0.481 e. The molecule has 0 aromatic carbocycles. The summed E-state index contributed by atoms with van der Waals surface area (Å²) < 4.78 is 50.4. The molecule has 0 fully saturated rings. The van der Waals surface area contributed by atoms with E-state index < -0.39 is 12.1 Å². The van der Waals surface area contributed by atoms with Gasteiger partial charge in [0.25, 0.3) is 0 Å². The minimum absolute atomic E-state index is 0.209. The van der Waals surface area contributed by atoms with E-state index in [4.69, 9.17) is 14.6 Å². The first-order valence-electron chi connectivity index (χ1n) is 5.94. The summed E-state index contributed by atoms with van der Waals surface area (Å²) in [6.07, 6.45) is -2.22. The van der Waals surface area contributed by atoms with Crippen molar-refractivity contribution >= 4 is 5.97 Å². The molecule has 2 aromatic heterocycles. The van der Waals surface area contributed by atoms with E-state index in [1.807, 2.05) is 0 Å². The van der Waals surface area contributed by atoms with Gasteiger partial charge in [-0.05, 0) is 18.6 Å². The zero-order valence-corrected chi connectivity index (χ0v) is 11.9. The minimum atomic E-state index is -5.08. The van der Waals surface area contributed by atoms with Crippen LogP contribution in [-0.4, -0.2) is 39.3 Å². The molecule has 0 saturated heterocycles. The Balaban J connectivity index is 0.000000322. The lowest BCUT2D eigenvalue weighted by molar-refractivity contribution is -0.192. The summed E-state index contributed by atoms with van der Waals surface area (Å²) in [4.78, 5) is 20.7. The highest BCUT2D eigenvalue weighted by Crippen LogP contribution is 2.22. The summed E-state index contributed by atoms with van der Waals surface area (Å²) in [6.45, 7) is 1.68. The number of ether oxygens (including phenoxy) is 1. The van der Waals surface area contributed by atoms with Gasteiger partial charge in [-0.2, -0.15) is 13.2 Å². The van der Waals surface area contributed by atoms with Gasteiger partial charge in [0.15, 0.2) is 5.82 Å². The van der Waals surface area contributed by atoms with Crippen molar-refractivity contribution in [1.82, 2.24) is 15.0 Å². The van der Waals surface area contributed by atoms with Crippen LogP contribution in [0, 0.1) is 12.7 Å². The Labute approximate surface area is 127 Å². The molecule has 1 N–H and O–H groups in total. The number of nitrogens with zero attached hydrogens (tertiary/aromatic N) is 3. The zero-order chi connectivity index (χ0) is 17.6. The molecular weight excluding hydrogens is 322 g/mol. The van der Waals surface area contributed by atoms with Crippen LogP contribution in [0.4, 0.5) is 17.6 Å². The number of hydrogen-bond acceptors (Lipinski definition) is 5. The van der Waals surface area contributed by atoms with Gasteiger partial charge in [0.05, 0.1) is 12.8 Å². The highest BCUT2D eigenvalue weighted by Gasteiger charge is 2.38. The molecule has 0 aliphatic carbocycles. The Morgan fingerprint density at radius 2 is 1.87 bits per heavy atom. The lowest BCUT2D eigenvalue weighted by atomic mass is 10.2. The van der Waals surface area contributed by atoms with Crippen molar-refractivity contribution in [3.8, 4) is 17.3 Å². The monoisotopic (exact) mass is 333 g/mol. The van der Waals surface area contributed by atoms with Gasteiger partial charge in [0, 0.05) is 12.3 Å². The molecule has 23 heavy (non-hydrogen) atoms. The Morgan fingerprint density at radius 3 is 2.39 bits per heavy atom. The fourth-order valence-corrected chi connectivity index (χ4v) is 1.30. The first-order chi connectivity index (χ1) is 10.7. The Bertz CT molecular complexity index is 692. The van der Waals surface area contributed by atoms with Gasteiger partial charge >= 0.3 is 12.1 Å². The van der Waals surface area contributed by atoms with Crippen LogP contribution >= 0.6 is 0 Å². The number of aromatic nitrogens is 3. The van der Waals surface area contributed by atoms with Crippen molar-refractivity contribution < 1.29 is 32.2 Å². The molecule has 0 saturated carbocycles. The van der Waals surface area contributed by atoms with Gasteiger partial charge < -0.3 is 9.84 Å². The lowest BCUT2D eigenvalue weighted by Crippen LogP contribution is -2.21. The summed E-state index contributed by atoms with van der Waals surface area (Å²) in [6, 6.07) is 3.15. The maximum Gasteiger partial charge on any atom is 0.490 e. The molecule has 10 heteroatoms. The van der Waals surface area contributed by atoms with E-state index in [9.17, 15) is 17.6 Å². The fraction of sp³-hybridized carbons (Fsp3) is 0.231. The smallest absolute Gasteiger partial charge is 0.481 e. The maximum absolute atomic E-state index is 13.8. The number of aliphatic carboxylic acids is 1. The highest BCUT2D eigenvalue weighted by atomic mass is 19.4. The molecule has 0 aliphatic rings. The fourth-order valence-electron chi connectivity index (χ4n) is 1.30. The number of carboxylic acid groups (broad SMARTS) is 1. The zero-order valence-electron chi connectivity index (χ0n) is 11.9. The quantitative estimate of drug-likeness (QED) is 0.851. The van der Waals surface area contributed by atoms with Crippen molar-refractivity contribution in [2.24, 2.45) is 0 Å². The second-order valence-electron chi connectivity index (χ2n) is 4.04. The molecule has 0 amide bonds. The molecule has 2 rings (SSSR count). The molecular formula is C13H11F4N3O3. The molecule has 0 atom stereocenters. The van der Waals surface area contributed by atoms with Gasteiger partial charge in [0.1, 0.15) is 12.0 Å². The molecule has 2 aromatic rings. The Morgan fingerprint density at radius 1 is 1.26 bits per heavy atom. The summed E-state index contributed by atoms with van der Waals surface area (Å²) >= 11 is 0. The van der Waals surface area contributed by atoms with Gasteiger partial charge in [0.2, 0.25) is 5.88 Å². The molecule has 0 radical (unpaired) electrons. The van der Waals surface area contributed by atoms with E-state index in [1.165, 1.54) is 13.4 Å². The van der Waals surface area contributed by atoms with Crippen molar-refractivity contribution in [3.63, 3.8) is 0 Å². The predicted molar refractivity (Wildman–Crippen MR) is 70.2 cm³/mol. The van der Waals surface area contributed by atoms with E-state index in [0.717, 1.165) is 0 Å². The van der Waals surface area contributed by atoms with Crippen LogP contribution in [0.25, 0.3) is 11.4 Å². The lowest BCUT2D eigenvalue weighted by Gasteiger charge is -2.04. The van der Waals surface area contributed by atoms with E-state index >= 15 is 0 Å². The molecule has 0 spiro atoms. The number of aryl methyl sites for hydroxylation is 1. The maximum atomic E-state index is 13.8.